The highest BCUT2D eigenvalue weighted by Crippen LogP contribution is 2.27. The summed E-state index contributed by atoms with van der Waals surface area (Å²) in [6, 6.07) is 0.614. The summed E-state index contributed by atoms with van der Waals surface area (Å²) in [5, 5.41) is 3.53. The van der Waals surface area contributed by atoms with E-state index in [1.54, 1.807) is 18.3 Å². The fraction of sp³-hybridized carbons (Fsp3) is 1.00. The van der Waals surface area contributed by atoms with Gasteiger partial charge in [0.2, 0.25) is 10.0 Å². The summed E-state index contributed by atoms with van der Waals surface area (Å²) in [6.07, 6.45) is 4.24. The Morgan fingerprint density at radius 2 is 2.00 bits per heavy atom. The lowest BCUT2D eigenvalue weighted by molar-refractivity contribution is 0.134. The lowest BCUT2D eigenvalue weighted by atomic mass is 9.89. The van der Waals surface area contributed by atoms with Crippen molar-refractivity contribution in [3.8, 4) is 0 Å². The molecule has 0 aliphatic carbocycles. The SMILES string of the molecule is COC(C)CS(=O)(=O)N1CCC(C2CCCN2)CC1. The van der Waals surface area contributed by atoms with Gasteiger partial charge in [0.25, 0.3) is 0 Å². The molecule has 112 valence electrons. The van der Waals surface area contributed by atoms with Crippen LogP contribution in [0.5, 0.6) is 0 Å². The predicted octanol–water partition coefficient (Wildman–Crippen LogP) is 0.815. The maximum absolute atomic E-state index is 12.2. The number of sulfonamides is 1. The minimum Gasteiger partial charge on any atom is -0.381 e. The molecule has 0 bridgehead atoms. The van der Waals surface area contributed by atoms with Crippen molar-refractivity contribution in [1.82, 2.24) is 9.62 Å². The molecular weight excluding hydrogens is 264 g/mol. The number of ether oxygens (including phenoxy) is 1. The van der Waals surface area contributed by atoms with Gasteiger partial charge in [-0.15, -0.1) is 0 Å². The Morgan fingerprint density at radius 1 is 1.32 bits per heavy atom. The molecule has 2 aliphatic rings. The fourth-order valence-corrected chi connectivity index (χ4v) is 4.85. The number of nitrogens with zero attached hydrogens (tertiary/aromatic N) is 1. The van der Waals surface area contributed by atoms with E-state index < -0.39 is 10.0 Å². The third-order valence-electron chi connectivity index (χ3n) is 4.41. The molecule has 0 aromatic carbocycles. The van der Waals surface area contributed by atoms with Gasteiger partial charge in [0.05, 0.1) is 11.9 Å². The van der Waals surface area contributed by atoms with Crippen molar-refractivity contribution in [2.75, 3.05) is 32.5 Å². The van der Waals surface area contributed by atoms with Gasteiger partial charge in [-0.3, -0.25) is 0 Å². The van der Waals surface area contributed by atoms with Crippen molar-refractivity contribution in [2.24, 2.45) is 5.92 Å². The van der Waals surface area contributed by atoms with Gasteiger partial charge in [-0.1, -0.05) is 0 Å². The first kappa shape index (κ1) is 15.2. The molecule has 2 aliphatic heterocycles. The van der Waals surface area contributed by atoms with Crippen molar-refractivity contribution in [3.63, 3.8) is 0 Å². The smallest absolute Gasteiger partial charge is 0.216 e. The van der Waals surface area contributed by atoms with Crippen LogP contribution in [-0.4, -0.2) is 57.4 Å². The second-order valence-electron chi connectivity index (χ2n) is 5.76. The van der Waals surface area contributed by atoms with Gasteiger partial charge in [0, 0.05) is 26.2 Å². The molecule has 0 spiro atoms. The van der Waals surface area contributed by atoms with E-state index in [2.05, 4.69) is 5.32 Å². The van der Waals surface area contributed by atoms with Gasteiger partial charge in [-0.05, 0) is 45.1 Å². The molecule has 6 heteroatoms. The Kier molecular flexibility index (Phi) is 5.22. The third-order valence-corrected chi connectivity index (χ3v) is 6.45. The second-order valence-corrected chi connectivity index (χ2v) is 7.78. The van der Waals surface area contributed by atoms with E-state index in [-0.39, 0.29) is 11.9 Å². The van der Waals surface area contributed by atoms with Crippen LogP contribution < -0.4 is 5.32 Å². The number of nitrogens with one attached hydrogen (secondary N) is 1. The fourth-order valence-electron chi connectivity index (χ4n) is 3.14. The molecule has 0 aromatic rings. The van der Waals surface area contributed by atoms with E-state index in [1.165, 1.54) is 12.8 Å². The zero-order valence-corrected chi connectivity index (χ0v) is 12.8. The highest BCUT2D eigenvalue weighted by atomic mass is 32.2. The van der Waals surface area contributed by atoms with Gasteiger partial charge in [-0.25, -0.2) is 12.7 Å². The highest BCUT2D eigenvalue weighted by molar-refractivity contribution is 7.89. The average molecular weight is 290 g/mol. The van der Waals surface area contributed by atoms with Crippen molar-refractivity contribution in [3.05, 3.63) is 0 Å². The Bertz CT molecular complexity index is 371. The number of rotatable bonds is 5. The number of hydrogen-bond donors (Lipinski definition) is 1. The zero-order valence-electron chi connectivity index (χ0n) is 12.0. The maximum Gasteiger partial charge on any atom is 0.216 e. The summed E-state index contributed by atoms with van der Waals surface area (Å²) in [5.74, 6) is 0.740. The Balaban J connectivity index is 1.85. The van der Waals surface area contributed by atoms with Crippen molar-refractivity contribution in [2.45, 2.75) is 44.8 Å². The number of piperidine rings is 1. The van der Waals surface area contributed by atoms with Gasteiger partial charge in [-0.2, -0.15) is 0 Å². The van der Waals surface area contributed by atoms with Gasteiger partial charge < -0.3 is 10.1 Å². The zero-order chi connectivity index (χ0) is 13.9. The molecule has 0 saturated carbocycles. The molecule has 2 unspecified atom stereocenters. The number of methoxy groups -OCH3 is 1. The Hall–Kier alpha value is -0.170. The van der Waals surface area contributed by atoms with Crippen LogP contribution in [0.1, 0.15) is 32.6 Å². The molecule has 5 nitrogen and oxygen atoms in total. The van der Waals surface area contributed by atoms with Crippen LogP contribution in [0, 0.1) is 5.92 Å². The van der Waals surface area contributed by atoms with E-state index >= 15 is 0 Å². The van der Waals surface area contributed by atoms with E-state index in [0.717, 1.165) is 19.4 Å². The summed E-state index contributed by atoms with van der Waals surface area (Å²) >= 11 is 0. The number of hydrogen-bond acceptors (Lipinski definition) is 4. The van der Waals surface area contributed by atoms with E-state index in [1.807, 2.05) is 0 Å². The van der Waals surface area contributed by atoms with Crippen LogP contribution in [-0.2, 0) is 14.8 Å². The molecule has 0 aromatic heterocycles. The van der Waals surface area contributed by atoms with Crippen LogP contribution in [0.4, 0.5) is 0 Å². The van der Waals surface area contributed by atoms with Crippen molar-refractivity contribution >= 4 is 10.0 Å². The molecule has 2 saturated heterocycles. The van der Waals surface area contributed by atoms with Gasteiger partial charge >= 0.3 is 0 Å². The third kappa shape index (κ3) is 3.90. The molecule has 0 amide bonds. The highest BCUT2D eigenvalue weighted by Gasteiger charge is 2.33. The maximum atomic E-state index is 12.2. The van der Waals surface area contributed by atoms with Crippen LogP contribution in [0.25, 0.3) is 0 Å². The first-order chi connectivity index (χ1) is 9.03. The predicted molar refractivity (Wildman–Crippen MR) is 75.6 cm³/mol. The molecule has 2 fully saturated rings. The summed E-state index contributed by atoms with van der Waals surface area (Å²) in [5.41, 5.74) is 0. The summed E-state index contributed by atoms with van der Waals surface area (Å²) in [6.45, 7) is 4.25. The summed E-state index contributed by atoms with van der Waals surface area (Å²) < 4.78 is 31.1. The van der Waals surface area contributed by atoms with Crippen molar-refractivity contribution < 1.29 is 13.2 Å². The normalized spacial score (nSPS) is 28.6. The molecule has 0 radical (unpaired) electrons. The quantitative estimate of drug-likeness (QED) is 0.814. The van der Waals surface area contributed by atoms with E-state index in [9.17, 15) is 8.42 Å². The van der Waals surface area contributed by atoms with E-state index in [0.29, 0.717) is 25.0 Å². The minimum atomic E-state index is -3.15. The lowest BCUT2D eigenvalue weighted by Gasteiger charge is -2.34. The van der Waals surface area contributed by atoms with Gasteiger partial charge in [0.15, 0.2) is 0 Å². The first-order valence-corrected chi connectivity index (χ1v) is 8.88. The van der Waals surface area contributed by atoms with Crippen LogP contribution in [0.3, 0.4) is 0 Å². The largest absolute Gasteiger partial charge is 0.381 e. The monoisotopic (exact) mass is 290 g/mol. The van der Waals surface area contributed by atoms with Crippen LogP contribution in [0.2, 0.25) is 0 Å². The summed E-state index contributed by atoms with van der Waals surface area (Å²) in [4.78, 5) is 0. The van der Waals surface area contributed by atoms with Crippen molar-refractivity contribution in [1.29, 1.82) is 0 Å². The van der Waals surface area contributed by atoms with Crippen LogP contribution in [0.15, 0.2) is 0 Å². The molecular formula is C13H26N2O3S. The summed E-state index contributed by atoms with van der Waals surface area (Å²) in [7, 11) is -1.60. The Labute approximate surface area is 116 Å². The molecule has 19 heavy (non-hydrogen) atoms. The van der Waals surface area contributed by atoms with E-state index in [4.69, 9.17) is 4.74 Å². The standard InChI is InChI=1S/C13H26N2O3S/c1-11(18-2)10-19(16,17)15-8-5-12(6-9-15)13-4-3-7-14-13/h11-14H,3-10H2,1-2H3. The molecule has 2 heterocycles. The first-order valence-electron chi connectivity index (χ1n) is 7.27. The minimum absolute atomic E-state index is 0.0931. The molecule has 2 atom stereocenters. The Morgan fingerprint density at radius 3 is 2.53 bits per heavy atom. The van der Waals surface area contributed by atoms with Crippen LogP contribution >= 0.6 is 0 Å². The molecule has 1 N–H and O–H groups in total. The average Bonchev–Trinajstić information content (AvgIpc) is 2.92. The topological polar surface area (TPSA) is 58.6 Å². The van der Waals surface area contributed by atoms with Gasteiger partial charge in [0.1, 0.15) is 0 Å². The lowest BCUT2D eigenvalue weighted by Crippen LogP contribution is -2.45. The molecule has 2 rings (SSSR count). The second kappa shape index (κ2) is 6.52.